The second-order valence-electron chi connectivity index (χ2n) is 3.72. The summed E-state index contributed by atoms with van der Waals surface area (Å²) in [7, 11) is 3.30. The molecule has 1 aromatic carbocycles. The van der Waals surface area contributed by atoms with E-state index in [0.29, 0.717) is 0 Å². The fourth-order valence-corrected chi connectivity index (χ4v) is 1.58. The smallest absolute Gasteiger partial charge is 0.161 e. The number of nitrogens with one attached hydrogen (secondary N) is 2. The maximum Gasteiger partial charge on any atom is 0.161 e. The lowest BCUT2D eigenvalue weighted by Gasteiger charge is -2.10. The van der Waals surface area contributed by atoms with E-state index >= 15 is 0 Å². The highest BCUT2D eigenvalue weighted by molar-refractivity contribution is 5.42. The van der Waals surface area contributed by atoms with Gasteiger partial charge in [-0.15, -0.1) is 0 Å². The topological polar surface area (TPSA) is 42.5 Å². The number of rotatable bonds is 8. The van der Waals surface area contributed by atoms with Gasteiger partial charge in [0.1, 0.15) is 0 Å². The predicted octanol–water partition coefficient (Wildman–Crippen LogP) is 1.40. The fourth-order valence-electron chi connectivity index (χ4n) is 1.58. The van der Waals surface area contributed by atoms with Gasteiger partial charge in [0.2, 0.25) is 0 Å². The third-order valence-electron chi connectivity index (χ3n) is 2.51. The molecule has 0 amide bonds. The molecule has 0 saturated carbocycles. The van der Waals surface area contributed by atoms with Crippen LogP contribution in [0.25, 0.3) is 0 Å². The maximum atomic E-state index is 5.26. The summed E-state index contributed by atoms with van der Waals surface area (Å²) in [5, 5.41) is 6.63. The molecule has 0 bridgehead atoms. The third kappa shape index (κ3) is 4.63. The Balaban J connectivity index is 2.43. The number of hydrogen-bond acceptors (Lipinski definition) is 4. The molecule has 2 N–H and O–H groups in total. The second kappa shape index (κ2) is 7.92. The van der Waals surface area contributed by atoms with Crippen molar-refractivity contribution < 1.29 is 9.47 Å². The summed E-state index contributed by atoms with van der Waals surface area (Å²) in [4.78, 5) is 0. The first-order valence-electron chi connectivity index (χ1n) is 5.94. The van der Waals surface area contributed by atoms with Crippen LogP contribution in [-0.2, 0) is 6.54 Å². The van der Waals surface area contributed by atoms with E-state index in [0.717, 1.165) is 37.7 Å². The first-order valence-corrected chi connectivity index (χ1v) is 5.94. The molecule has 4 nitrogen and oxygen atoms in total. The lowest BCUT2D eigenvalue weighted by Crippen LogP contribution is -2.26. The Bertz CT molecular complexity index is 329. The first kappa shape index (κ1) is 13.8. The third-order valence-corrected chi connectivity index (χ3v) is 2.51. The summed E-state index contributed by atoms with van der Waals surface area (Å²) in [5.74, 6) is 1.54. The molecule has 17 heavy (non-hydrogen) atoms. The van der Waals surface area contributed by atoms with Crippen molar-refractivity contribution in [3.8, 4) is 11.5 Å². The number of likely N-dealkylation sites (N-methyl/N-ethyl adjacent to an activating group) is 1. The van der Waals surface area contributed by atoms with E-state index in [4.69, 9.17) is 9.47 Å². The predicted molar refractivity (Wildman–Crippen MR) is 69.8 cm³/mol. The minimum absolute atomic E-state index is 0.767. The lowest BCUT2D eigenvalue weighted by atomic mass is 10.2. The molecular weight excluding hydrogens is 216 g/mol. The molecule has 0 atom stereocenters. The highest BCUT2D eigenvalue weighted by Crippen LogP contribution is 2.27. The van der Waals surface area contributed by atoms with Crippen molar-refractivity contribution >= 4 is 0 Å². The van der Waals surface area contributed by atoms with Crippen LogP contribution in [0.3, 0.4) is 0 Å². The van der Waals surface area contributed by atoms with E-state index in [1.807, 2.05) is 18.2 Å². The van der Waals surface area contributed by atoms with Gasteiger partial charge in [-0.25, -0.2) is 0 Å². The van der Waals surface area contributed by atoms with Crippen LogP contribution >= 0.6 is 0 Å². The van der Waals surface area contributed by atoms with E-state index in [-0.39, 0.29) is 0 Å². The molecule has 1 aromatic rings. The van der Waals surface area contributed by atoms with Gasteiger partial charge in [-0.2, -0.15) is 0 Å². The summed E-state index contributed by atoms with van der Waals surface area (Å²) >= 11 is 0. The van der Waals surface area contributed by atoms with E-state index in [2.05, 4.69) is 17.6 Å². The van der Waals surface area contributed by atoms with Crippen LogP contribution in [-0.4, -0.2) is 33.9 Å². The summed E-state index contributed by atoms with van der Waals surface area (Å²) < 4.78 is 10.5. The number of ether oxygens (including phenoxy) is 2. The molecule has 0 aromatic heterocycles. The summed E-state index contributed by atoms with van der Waals surface area (Å²) in [6.45, 7) is 5.91. The summed E-state index contributed by atoms with van der Waals surface area (Å²) in [6, 6.07) is 5.97. The molecule has 0 heterocycles. The molecule has 0 radical (unpaired) electrons. The van der Waals surface area contributed by atoms with E-state index in [1.165, 1.54) is 5.56 Å². The van der Waals surface area contributed by atoms with Gasteiger partial charge < -0.3 is 20.1 Å². The summed E-state index contributed by atoms with van der Waals surface area (Å²) in [5.41, 5.74) is 1.19. The molecule has 0 aliphatic heterocycles. The van der Waals surface area contributed by atoms with Crippen LogP contribution in [0.2, 0.25) is 0 Å². The van der Waals surface area contributed by atoms with Crippen molar-refractivity contribution in [1.82, 2.24) is 10.6 Å². The largest absolute Gasteiger partial charge is 0.493 e. The Morgan fingerprint density at radius 3 is 2.35 bits per heavy atom. The highest BCUT2D eigenvalue weighted by Gasteiger charge is 2.03. The average Bonchev–Trinajstić information content (AvgIpc) is 2.38. The maximum absolute atomic E-state index is 5.26. The Labute approximate surface area is 103 Å². The van der Waals surface area contributed by atoms with Gasteiger partial charge in [-0.1, -0.05) is 13.0 Å². The van der Waals surface area contributed by atoms with Crippen LogP contribution in [0.1, 0.15) is 12.5 Å². The Morgan fingerprint density at radius 1 is 1.00 bits per heavy atom. The Morgan fingerprint density at radius 2 is 1.71 bits per heavy atom. The van der Waals surface area contributed by atoms with Gasteiger partial charge in [0.05, 0.1) is 14.2 Å². The van der Waals surface area contributed by atoms with Crippen molar-refractivity contribution in [1.29, 1.82) is 0 Å². The van der Waals surface area contributed by atoms with E-state index in [1.54, 1.807) is 14.2 Å². The minimum atomic E-state index is 0.767. The molecule has 0 unspecified atom stereocenters. The molecule has 0 fully saturated rings. The monoisotopic (exact) mass is 238 g/mol. The highest BCUT2D eigenvalue weighted by atomic mass is 16.5. The standard InChI is InChI=1S/C13H22N2O2/c1-4-14-7-8-15-10-11-5-6-12(16-2)13(9-11)17-3/h5-6,9,14-15H,4,7-8,10H2,1-3H3. The van der Waals surface area contributed by atoms with Gasteiger partial charge in [0.15, 0.2) is 11.5 Å². The van der Waals surface area contributed by atoms with Crippen LogP contribution in [0.4, 0.5) is 0 Å². The molecule has 0 spiro atoms. The molecule has 96 valence electrons. The SMILES string of the molecule is CCNCCNCc1ccc(OC)c(OC)c1. The second-order valence-corrected chi connectivity index (χ2v) is 3.72. The van der Waals surface area contributed by atoms with Crippen molar-refractivity contribution in [2.45, 2.75) is 13.5 Å². The normalized spacial score (nSPS) is 10.3. The molecular formula is C13H22N2O2. The van der Waals surface area contributed by atoms with E-state index in [9.17, 15) is 0 Å². The molecule has 4 heteroatoms. The zero-order chi connectivity index (χ0) is 12.5. The Kier molecular flexibility index (Phi) is 6.43. The van der Waals surface area contributed by atoms with Crippen molar-refractivity contribution in [2.75, 3.05) is 33.9 Å². The fraction of sp³-hybridized carbons (Fsp3) is 0.538. The minimum Gasteiger partial charge on any atom is -0.493 e. The van der Waals surface area contributed by atoms with Crippen LogP contribution in [0.15, 0.2) is 18.2 Å². The average molecular weight is 238 g/mol. The molecule has 1 rings (SSSR count). The molecule has 0 aliphatic rings. The first-order chi connectivity index (χ1) is 8.31. The van der Waals surface area contributed by atoms with Gasteiger partial charge in [-0.05, 0) is 24.2 Å². The van der Waals surface area contributed by atoms with Gasteiger partial charge in [0, 0.05) is 19.6 Å². The zero-order valence-electron chi connectivity index (χ0n) is 10.9. The quantitative estimate of drug-likeness (QED) is 0.672. The van der Waals surface area contributed by atoms with Crippen molar-refractivity contribution in [3.05, 3.63) is 23.8 Å². The lowest BCUT2D eigenvalue weighted by molar-refractivity contribution is 0.354. The van der Waals surface area contributed by atoms with Crippen LogP contribution < -0.4 is 20.1 Å². The number of hydrogen-bond donors (Lipinski definition) is 2. The van der Waals surface area contributed by atoms with Gasteiger partial charge in [0.25, 0.3) is 0 Å². The number of benzene rings is 1. The van der Waals surface area contributed by atoms with Crippen molar-refractivity contribution in [3.63, 3.8) is 0 Å². The van der Waals surface area contributed by atoms with E-state index < -0.39 is 0 Å². The molecule has 0 aliphatic carbocycles. The summed E-state index contributed by atoms with van der Waals surface area (Å²) in [6.07, 6.45) is 0. The van der Waals surface area contributed by atoms with Crippen LogP contribution in [0, 0.1) is 0 Å². The zero-order valence-corrected chi connectivity index (χ0v) is 10.9. The van der Waals surface area contributed by atoms with Gasteiger partial charge >= 0.3 is 0 Å². The van der Waals surface area contributed by atoms with Crippen LogP contribution in [0.5, 0.6) is 11.5 Å². The Hall–Kier alpha value is -1.26. The number of methoxy groups -OCH3 is 2. The van der Waals surface area contributed by atoms with Gasteiger partial charge in [-0.3, -0.25) is 0 Å². The van der Waals surface area contributed by atoms with Crippen molar-refractivity contribution in [2.24, 2.45) is 0 Å². The molecule has 0 saturated heterocycles.